The molecule has 1 aromatic carbocycles. The van der Waals surface area contributed by atoms with Gasteiger partial charge in [-0.25, -0.2) is 0 Å². The number of carbonyl (C=O) groups is 2. The molecular formula is C24H24O4. The number of hydrogen-bond donors (Lipinski definition) is 1. The number of ketones is 1. The summed E-state index contributed by atoms with van der Waals surface area (Å²) in [5, 5.41) is 10.0. The van der Waals surface area contributed by atoms with E-state index in [-0.39, 0.29) is 18.6 Å². The highest BCUT2D eigenvalue weighted by Crippen LogP contribution is 2.37. The lowest BCUT2D eigenvalue weighted by Crippen LogP contribution is -2.15. The van der Waals surface area contributed by atoms with Gasteiger partial charge in [-0.3, -0.25) is 9.59 Å². The lowest BCUT2D eigenvalue weighted by atomic mass is 9.89. The van der Waals surface area contributed by atoms with E-state index < -0.39 is 12.1 Å². The summed E-state index contributed by atoms with van der Waals surface area (Å²) in [6, 6.07) is 8.32. The van der Waals surface area contributed by atoms with Crippen LogP contribution >= 0.6 is 0 Å². The van der Waals surface area contributed by atoms with E-state index in [0.29, 0.717) is 0 Å². The van der Waals surface area contributed by atoms with Crippen LogP contribution in [0.2, 0.25) is 0 Å². The van der Waals surface area contributed by atoms with Crippen molar-refractivity contribution in [3.05, 3.63) is 83.5 Å². The van der Waals surface area contributed by atoms with E-state index in [9.17, 15) is 14.7 Å². The summed E-state index contributed by atoms with van der Waals surface area (Å²) in [5.74, 6) is -0.936. The lowest BCUT2D eigenvalue weighted by Gasteiger charge is -2.15. The summed E-state index contributed by atoms with van der Waals surface area (Å²) >= 11 is 0. The molecule has 0 amide bonds. The SMILES string of the molecule is COC(=O)CC(=O)CC(O)/C=C/C=C1\C=CC2=C(CCC=C2)c2ccccc21. The molecule has 0 fully saturated rings. The van der Waals surface area contributed by atoms with Gasteiger partial charge in [-0.05, 0) is 40.7 Å². The Hall–Kier alpha value is -2.98. The minimum Gasteiger partial charge on any atom is -0.469 e. The molecule has 144 valence electrons. The van der Waals surface area contributed by atoms with Gasteiger partial charge in [0.15, 0.2) is 0 Å². The average molecular weight is 376 g/mol. The first-order chi connectivity index (χ1) is 13.6. The van der Waals surface area contributed by atoms with E-state index in [1.807, 2.05) is 12.1 Å². The smallest absolute Gasteiger partial charge is 0.313 e. The Bertz CT molecular complexity index is 912. The van der Waals surface area contributed by atoms with E-state index in [2.05, 4.69) is 47.2 Å². The van der Waals surface area contributed by atoms with Gasteiger partial charge >= 0.3 is 5.97 Å². The molecule has 4 heteroatoms. The second-order valence-electron chi connectivity index (χ2n) is 6.82. The van der Waals surface area contributed by atoms with E-state index in [1.165, 1.54) is 23.8 Å². The molecule has 28 heavy (non-hydrogen) atoms. The third-order valence-corrected chi connectivity index (χ3v) is 4.83. The van der Waals surface area contributed by atoms with Crippen molar-refractivity contribution < 1.29 is 19.4 Å². The van der Waals surface area contributed by atoms with Crippen LogP contribution in [0.3, 0.4) is 0 Å². The van der Waals surface area contributed by atoms with E-state index in [0.717, 1.165) is 24.0 Å². The molecule has 0 saturated heterocycles. The maximum absolute atomic E-state index is 11.7. The van der Waals surface area contributed by atoms with Crippen LogP contribution in [-0.2, 0) is 14.3 Å². The van der Waals surface area contributed by atoms with Crippen LogP contribution in [0.4, 0.5) is 0 Å². The largest absolute Gasteiger partial charge is 0.469 e. The molecule has 1 N–H and O–H groups in total. The van der Waals surface area contributed by atoms with Crippen molar-refractivity contribution >= 4 is 22.9 Å². The van der Waals surface area contributed by atoms with Gasteiger partial charge in [-0.2, -0.15) is 0 Å². The van der Waals surface area contributed by atoms with Gasteiger partial charge in [0.05, 0.1) is 13.2 Å². The molecule has 0 bridgehead atoms. The number of carbonyl (C=O) groups excluding carboxylic acids is 2. The summed E-state index contributed by atoms with van der Waals surface area (Å²) in [6.45, 7) is 0. The van der Waals surface area contributed by atoms with E-state index in [1.54, 1.807) is 12.2 Å². The third-order valence-electron chi connectivity index (χ3n) is 4.83. The van der Waals surface area contributed by atoms with E-state index in [4.69, 9.17) is 0 Å². The highest BCUT2D eigenvalue weighted by Gasteiger charge is 2.17. The number of aliphatic hydroxyl groups excluding tert-OH is 1. The number of hydrogen-bond acceptors (Lipinski definition) is 4. The molecular weight excluding hydrogens is 352 g/mol. The van der Waals surface area contributed by atoms with Crippen molar-refractivity contribution in [2.24, 2.45) is 0 Å². The normalized spacial score (nSPS) is 18.0. The zero-order valence-electron chi connectivity index (χ0n) is 15.9. The van der Waals surface area contributed by atoms with Crippen LogP contribution in [0.25, 0.3) is 11.1 Å². The van der Waals surface area contributed by atoms with Gasteiger partial charge in [-0.15, -0.1) is 0 Å². The average Bonchev–Trinajstić information content (AvgIpc) is 2.85. The number of allylic oxidation sites excluding steroid dienone is 9. The van der Waals surface area contributed by atoms with Crippen molar-refractivity contribution in [2.45, 2.75) is 31.8 Å². The maximum atomic E-state index is 11.7. The molecule has 0 heterocycles. The summed E-state index contributed by atoms with van der Waals surface area (Å²) in [4.78, 5) is 22.8. The van der Waals surface area contributed by atoms with E-state index >= 15 is 0 Å². The molecule has 0 spiro atoms. The van der Waals surface area contributed by atoms with Crippen molar-refractivity contribution in [1.82, 2.24) is 0 Å². The Kier molecular flexibility index (Phi) is 6.56. The number of esters is 1. The molecule has 1 atom stereocenters. The monoisotopic (exact) mass is 376 g/mol. The summed E-state index contributed by atoms with van der Waals surface area (Å²) in [5.41, 5.74) is 6.03. The van der Waals surface area contributed by atoms with Crippen LogP contribution in [0.1, 0.15) is 36.8 Å². The van der Waals surface area contributed by atoms with Crippen molar-refractivity contribution in [2.75, 3.05) is 7.11 Å². The Labute approximate surface area is 165 Å². The van der Waals surface area contributed by atoms with Crippen molar-refractivity contribution in [1.29, 1.82) is 0 Å². The summed E-state index contributed by atoms with van der Waals surface area (Å²) in [7, 11) is 1.23. The number of methoxy groups -OCH3 is 1. The molecule has 1 aromatic rings. The Morgan fingerprint density at radius 3 is 2.75 bits per heavy atom. The molecule has 0 radical (unpaired) electrons. The zero-order valence-corrected chi connectivity index (χ0v) is 15.9. The zero-order chi connectivity index (χ0) is 19.9. The van der Waals surface area contributed by atoms with Crippen molar-refractivity contribution in [3.63, 3.8) is 0 Å². The quantitative estimate of drug-likeness (QED) is 0.597. The number of Topliss-reactive ketones (excluding diaryl/α,β-unsaturated/α-hetero) is 1. The molecule has 3 rings (SSSR count). The fourth-order valence-corrected chi connectivity index (χ4v) is 3.44. The Morgan fingerprint density at radius 2 is 1.96 bits per heavy atom. The first-order valence-corrected chi connectivity index (χ1v) is 9.41. The molecule has 0 aromatic heterocycles. The van der Waals surface area contributed by atoms with Crippen LogP contribution in [0, 0.1) is 0 Å². The number of benzene rings is 1. The van der Waals surface area contributed by atoms with Crippen LogP contribution < -0.4 is 0 Å². The molecule has 2 aliphatic rings. The number of fused-ring (bicyclic) bond motifs is 2. The number of rotatable bonds is 6. The minimum absolute atomic E-state index is 0.109. The van der Waals surface area contributed by atoms with Gasteiger partial charge in [0, 0.05) is 6.42 Å². The Balaban J connectivity index is 1.76. The standard InChI is InChI=1S/C24H24O4/c1-28-24(27)16-20(26)15-19(25)9-6-8-18-14-13-17-7-2-3-10-21(17)23-12-5-4-11-22(18)23/h2,4-9,11-14,19,25H,3,10,15-16H2,1H3/b9-6+,18-8+. The van der Waals surface area contributed by atoms with Gasteiger partial charge in [0.1, 0.15) is 12.2 Å². The first-order valence-electron chi connectivity index (χ1n) is 9.41. The molecule has 0 aliphatic heterocycles. The Morgan fingerprint density at radius 1 is 1.18 bits per heavy atom. The van der Waals surface area contributed by atoms with Gasteiger partial charge < -0.3 is 9.84 Å². The van der Waals surface area contributed by atoms with Crippen LogP contribution in [-0.4, -0.2) is 30.1 Å². The fraction of sp³-hybridized carbons (Fsp3) is 0.250. The number of aliphatic hydroxyl groups is 1. The highest BCUT2D eigenvalue weighted by molar-refractivity contribution is 5.95. The molecule has 2 aliphatic carbocycles. The molecule has 0 saturated carbocycles. The fourth-order valence-electron chi connectivity index (χ4n) is 3.44. The summed E-state index contributed by atoms with van der Waals surface area (Å²) in [6.07, 6.45) is 14.5. The second-order valence-corrected chi connectivity index (χ2v) is 6.82. The van der Waals surface area contributed by atoms with Gasteiger partial charge in [-0.1, -0.05) is 66.8 Å². The predicted molar refractivity (Wildman–Crippen MR) is 110 cm³/mol. The topological polar surface area (TPSA) is 63.6 Å². The lowest BCUT2D eigenvalue weighted by molar-refractivity contribution is -0.143. The van der Waals surface area contributed by atoms with Crippen molar-refractivity contribution in [3.8, 4) is 0 Å². The summed E-state index contributed by atoms with van der Waals surface area (Å²) < 4.78 is 4.46. The number of ether oxygens (including phenoxy) is 1. The maximum Gasteiger partial charge on any atom is 0.313 e. The van der Waals surface area contributed by atoms with Gasteiger partial charge in [0.2, 0.25) is 0 Å². The molecule has 4 nitrogen and oxygen atoms in total. The minimum atomic E-state index is -0.937. The second kappa shape index (κ2) is 9.29. The molecule has 1 unspecified atom stereocenters. The van der Waals surface area contributed by atoms with Crippen LogP contribution in [0.15, 0.2) is 72.4 Å². The third kappa shape index (κ3) is 4.84. The highest BCUT2D eigenvalue weighted by atomic mass is 16.5. The predicted octanol–water partition coefficient (Wildman–Crippen LogP) is 4.18. The van der Waals surface area contributed by atoms with Gasteiger partial charge in [0.25, 0.3) is 0 Å². The first kappa shape index (κ1) is 19.8. The van der Waals surface area contributed by atoms with Crippen LogP contribution in [0.5, 0.6) is 0 Å².